The Labute approximate surface area is 127 Å². The molecule has 1 fully saturated rings. The van der Waals surface area contributed by atoms with Crippen LogP contribution in [-0.4, -0.2) is 25.2 Å². The van der Waals surface area contributed by atoms with Crippen LogP contribution in [-0.2, 0) is 0 Å². The highest BCUT2D eigenvalue weighted by molar-refractivity contribution is 5.90. The molecule has 1 aliphatic rings. The molecular weight excluding hydrogens is 262 g/mol. The molecule has 4 heteroatoms. The summed E-state index contributed by atoms with van der Waals surface area (Å²) >= 11 is 0. The lowest BCUT2D eigenvalue weighted by Gasteiger charge is -2.29. The Morgan fingerprint density at radius 1 is 1.14 bits per heavy atom. The first-order chi connectivity index (χ1) is 10.1. The van der Waals surface area contributed by atoms with Crippen molar-refractivity contribution in [1.82, 2.24) is 5.32 Å². The standard InChI is InChI=1S/C17H27N3O/c1-13(2)14(3)18-17(21)19-15-8-7-9-16(12-15)20-10-5-4-6-11-20/h7-9,12-14H,4-6,10-11H2,1-3H3,(H2,18,19,21). The lowest BCUT2D eigenvalue weighted by molar-refractivity contribution is 0.246. The summed E-state index contributed by atoms with van der Waals surface area (Å²) in [6, 6.07) is 8.15. The summed E-state index contributed by atoms with van der Waals surface area (Å²) in [6.07, 6.45) is 3.83. The molecule has 2 N–H and O–H groups in total. The van der Waals surface area contributed by atoms with Crippen LogP contribution in [0.2, 0.25) is 0 Å². The second-order valence-corrected chi connectivity index (χ2v) is 6.23. The van der Waals surface area contributed by atoms with Crippen LogP contribution in [0.15, 0.2) is 24.3 Å². The fourth-order valence-corrected chi connectivity index (χ4v) is 2.47. The molecule has 0 bridgehead atoms. The molecule has 1 heterocycles. The van der Waals surface area contributed by atoms with Crippen LogP contribution in [0.25, 0.3) is 0 Å². The predicted octanol–water partition coefficient (Wildman–Crippen LogP) is 3.84. The highest BCUT2D eigenvalue weighted by atomic mass is 16.2. The average molecular weight is 289 g/mol. The third kappa shape index (κ3) is 4.66. The number of piperidine rings is 1. The molecule has 2 rings (SSSR count). The molecule has 1 unspecified atom stereocenters. The highest BCUT2D eigenvalue weighted by Gasteiger charge is 2.13. The number of carbonyl (C=O) groups is 1. The Balaban J connectivity index is 1.95. The fraction of sp³-hybridized carbons (Fsp3) is 0.588. The largest absolute Gasteiger partial charge is 0.371 e. The van der Waals surface area contributed by atoms with Gasteiger partial charge < -0.3 is 15.5 Å². The highest BCUT2D eigenvalue weighted by Crippen LogP contribution is 2.23. The lowest BCUT2D eigenvalue weighted by Crippen LogP contribution is -2.39. The van der Waals surface area contributed by atoms with Gasteiger partial charge in [-0.25, -0.2) is 4.79 Å². The van der Waals surface area contributed by atoms with Gasteiger partial charge in [0.1, 0.15) is 0 Å². The Kier molecular flexibility index (Phi) is 5.48. The van der Waals surface area contributed by atoms with Gasteiger partial charge >= 0.3 is 6.03 Å². The van der Waals surface area contributed by atoms with Crippen molar-refractivity contribution in [2.24, 2.45) is 5.92 Å². The normalized spacial score (nSPS) is 16.7. The molecule has 4 nitrogen and oxygen atoms in total. The number of anilines is 2. The van der Waals surface area contributed by atoms with Crippen LogP contribution in [0, 0.1) is 5.92 Å². The third-order valence-electron chi connectivity index (χ3n) is 4.18. The molecule has 0 saturated carbocycles. The van der Waals surface area contributed by atoms with E-state index in [1.54, 1.807) is 0 Å². The van der Waals surface area contributed by atoms with Crippen LogP contribution < -0.4 is 15.5 Å². The third-order valence-corrected chi connectivity index (χ3v) is 4.18. The first kappa shape index (κ1) is 15.7. The minimum Gasteiger partial charge on any atom is -0.371 e. The van der Waals surface area contributed by atoms with Crippen LogP contribution in [0.1, 0.15) is 40.0 Å². The minimum atomic E-state index is -0.132. The van der Waals surface area contributed by atoms with E-state index in [-0.39, 0.29) is 12.1 Å². The Hall–Kier alpha value is -1.71. The Morgan fingerprint density at radius 2 is 1.86 bits per heavy atom. The summed E-state index contributed by atoms with van der Waals surface area (Å²) in [7, 11) is 0. The van der Waals surface area contributed by atoms with Gasteiger partial charge in [-0.3, -0.25) is 0 Å². The van der Waals surface area contributed by atoms with E-state index in [2.05, 4.69) is 41.5 Å². The molecule has 1 aliphatic heterocycles. The second-order valence-electron chi connectivity index (χ2n) is 6.23. The second kappa shape index (κ2) is 7.34. The molecule has 1 aromatic carbocycles. The summed E-state index contributed by atoms with van der Waals surface area (Å²) in [5.41, 5.74) is 2.05. The van der Waals surface area contributed by atoms with E-state index in [9.17, 15) is 4.79 Å². The molecule has 1 saturated heterocycles. The number of nitrogens with one attached hydrogen (secondary N) is 2. The molecule has 1 atom stereocenters. The van der Waals surface area contributed by atoms with Crippen molar-refractivity contribution in [1.29, 1.82) is 0 Å². The van der Waals surface area contributed by atoms with Crippen LogP contribution in [0.5, 0.6) is 0 Å². The average Bonchev–Trinajstić information content (AvgIpc) is 2.48. The first-order valence-corrected chi connectivity index (χ1v) is 7.99. The monoisotopic (exact) mass is 289 g/mol. The summed E-state index contributed by atoms with van der Waals surface area (Å²) < 4.78 is 0. The number of amides is 2. The zero-order valence-electron chi connectivity index (χ0n) is 13.4. The number of carbonyl (C=O) groups excluding carboxylic acids is 1. The quantitative estimate of drug-likeness (QED) is 0.884. The van der Waals surface area contributed by atoms with Crippen molar-refractivity contribution >= 4 is 17.4 Å². The maximum atomic E-state index is 12.0. The molecule has 0 aliphatic carbocycles. The van der Waals surface area contributed by atoms with E-state index in [4.69, 9.17) is 0 Å². The molecule has 0 spiro atoms. The van der Waals surface area contributed by atoms with Gasteiger partial charge in [-0.2, -0.15) is 0 Å². The van der Waals surface area contributed by atoms with Gasteiger partial charge in [-0.05, 0) is 50.3 Å². The zero-order chi connectivity index (χ0) is 15.2. The number of hydrogen-bond acceptors (Lipinski definition) is 2. The SMILES string of the molecule is CC(C)C(C)NC(=O)Nc1cccc(N2CCCCC2)c1. The number of hydrogen-bond donors (Lipinski definition) is 2. The summed E-state index contributed by atoms with van der Waals surface area (Å²) in [5.74, 6) is 0.426. The Bertz CT molecular complexity index is 467. The molecule has 2 amide bonds. The van der Waals surface area contributed by atoms with Crippen molar-refractivity contribution < 1.29 is 4.79 Å². The van der Waals surface area contributed by atoms with Crippen molar-refractivity contribution in [2.75, 3.05) is 23.3 Å². The van der Waals surface area contributed by atoms with Gasteiger partial charge in [-0.15, -0.1) is 0 Å². The number of benzene rings is 1. The van der Waals surface area contributed by atoms with Gasteiger partial charge in [0.25, 0.3) is 0 Å². The van der Waals surface area contributed by atoms with Crippen molar-refractivity contribution in [3.63, 3.8) is 0 Å². The Morgan fingerprint density at radius 3 is 2.52 bits per heavy atom. The van der Waals surface area contributed by atoms with Crippen molar-refractivity contribution in [3.8, 4) is 0 Å². The predicted molar refractivity (Wildman–Crippen MR) is 89.0 cm³/mol. The summed E-state index contributed by atoms with van der Waals surface area (Å²) in [6.45, 7) is 8.44. The first-order valence-electron chi connectivity index (χ1n) is 7.99. The van der Waals surface area contributed by atoms with E-state index in [0.29, 0.717) is 5.92 Å². The summed E-state index contributed by atoms with van der Waals surface area (Å²) in [5, 5.41) is 5.89. The van der Waals surface area contributed by atoms with Gasteiger partial charge in [0, 0.05) is 30.5 Å². The van der Waals surface area contributed by atoms with Gasteiger partial charge in [0.2, 0.25) is 0 Å². The van der Waals surface area contributed by atoms with Gasteiger partial charge in [0.15, 0.2) is 0 Å². The number of rotatable bonds is 4. The van der Waals surface area contributed by atoms with Crippen LogP contribution in [0.4, 0.5) is 16.2 Å². The number of nitrogens with zero attached hydrogens (tertiary/aromatic N) is 1. The van der Waals surface area contributed by atoms with Crippen LogP contribution in [0.3, 0.4) is 0 Å². The number of urea groups is 1. The van der Waals surface area contributed by atoms with Crippen molar-refractivity contribution in [2.45, 2.75) is 46.1 Å². The van der Waals surface area contributed by atoms with E-state index in [1.807, 2.05) is 19.1 Å². The van der Waals surface area contributed by atoms with E-state index >= 15 is 0 Å². The fourth-order valence-electron chi connectivity index (χ4n) is 2.47. The molecule has 21 heavy (non-hydrogen) atoms. The van der Waals surface area contributed by atoms with E-state index < -0.39 is 0 Å². The lowest BCUT2D eigenvalue weighted by atomic mass is 10.1. The van der Waals surface area contributed by atoms with E-state index in [1.165, 1.54) is 24.9 Å². The van der Waals surface area contributed by atoms with Crippen LogP contribution >= 0.6 is 0 Å². The smallest absolute Gasteiger partial charge is 0.319 e. The maximum Gasteiger partial charge on any atom is 0.319 e. The molecule has 0 radical (unpaired) electrons. The molecule has 0 aromatic heterocycles. The molecular formula is C17H27N3O. The topological polar surface area (TPSA) is 44.4 Å². The maximum absolute atomic E-state index is 12.0. The van der Waals surface area contributed by atoms with Gasteiger partial charge in [-0.1, -0.05) is 19.9 Å². The molecule has 1 aromatic rings. The van der Waals surface area contributed by atoms with Crippen molar-refractivity contribution in [3.05, 3.63) is 24.3 Å². The zero-order valence-corrected chi connectivity index (χ0v) is 13.4. The van der Waals surface area contributed by atoms with Gasteiger partial charge in [0.05, 0.1) is 0 Å². The molecule has 116 valence electrons. The van der Waals surface area contributed by atoms with E-state index in [0.717, 1.165) is 18.8 Å². The summed E-state index contributed by atoms with van der Waals surface area (Å²) in [4.78, 5) is 14.4. The minimum absolute atomic E-state index is 0.132.